The molecule has 0 aliphatic heterocycles. The summed E-state index contributed by atoms with van der Waals surface area (Å²) in [5.74, 6) is 0. The normalized spacial score (nSPS) is 12.4. The number of hydrogen-bond acceptors (Lipinski definition) is 1. The fraction of sp³-hybridized carbons (Fsp3) is 0.143. The van der Waals surface area contributed by atoms with Crippen molar-refractivity contribution in [2.24, 2.45) is 0 Å². The maximum Gasteiger partial charge on any atom is 0.0830 e. The summed E-state index contributed by atoms with van der Waals surface area (Å²) in [5, 5.41) is 10.8. The maximum absolute atomic E-state index is 10.1. The smallest absolute Gasteiger partial charge is 0.0830 e. The van der Waals surface area contributed by atoms with E-state index in [1.54, 1.807) is 12.1 Å². The molecule has 1 N–H and O–H groups in total. The summed E-state index contributed by atoms with van der Waals surface area (Å²) in [7, 11) is 0. The van der Waals surface area contributed by atoms with E-state index in [1.807, 2.05) is 36.4 Å². The van der Waals surface area contributed by atoms with Crippen LogP contribution in [-0.2, 0) is 6.42 Å². The lowest BCUT2D eigenvalue weighted by atomic mass is 10.0. The van der Waals surface area contributed by atoms with Crippen molar-refractivity contribution in [1.82, 2.24) is 0 Å². The molecule has 0 aliphatic rings. The van der Waals surface area contributed by atoms with Crippen molar-refractivity contribution in [1.29, 1.82) is 0 Å². The highest BCUT2D eigenvalue weighted by atomic mass is 79.9. The van der Waals surface area contributed by atoms with Crippen LogP contribution in [0, 0.1) is 0 Å². The topological polar surface area (TPSA) is 20.2 Å². The summed E-state index contributed by atoms with van der Waals surface area (Å²) < 4.78 is 1.02. The lowest BCUT2D eigenvalue weighted by Crippen LogP contribution is -2.01. The Morgan fingerprint density at radius 1 is 1.12 bits per heavy atom. The monoisotopic (exact) mass is 310 g/mol. The van der Waals surface area contributed by atoms with E-state index in [-0.39, 0.29) is 0 Å². The average Bonchev–Trinajstić information content (AvgIpc) is 2.29. The van der Waals surface area contributed by atoms with E-state index in [4.69, 9.17) is 11.6 Å². The molecule has 2 aromatic carbocycles. The van der Waals surface area contributed by atoms with Crippen molar-refractivity contribution < 1.29 is 5.11 Å². The van der Waals surface area contributed by atoms with Crippen LogP contribution in [0.2, 0.25) is 5.02 Å². The van der Waals surface area contributed by atoms with Gasteiger partial charge in [0.05, 0.1) is 6.10 Å². The minimum Gasteiger partial charge on any atom is -0.388 e. The Labute approximate surface area is 114 Å². The van der Waals surface area contributed by atoms with Crippen LogP contribution in [0.25, 0.3) is 0 Å². The van der Waals surface area contributed by atoms with Gasteiger partial charge in [-0.15, -0.1) is 0 Å². The number of benzene rings is 2. The molecule has 1 unspecified atom stereocenters. The lowest BCUT2D eigenvalue weighted by Gasteiger charge is -2.11. The van der Waals surface area contributed by atoms with Crippen molar-refractivity contribution in [3.8, 4) is 0 Å². The van der Waals surface area contributed by atoms with Crippen LogP contribution in [0.4, 0.5) is 0 Å². The average molecular weight is 312 g/mol. The molecule has 0 aromatic heterocycles. The molecule has 2 aromatic rings. The maximum atomic E-state index is 10.1. The SMILES string of the molecule is OC(Cc1cccc(Br)c1)c1cccc(Cl)c1. The second-order valence-electron chi connectivity index (χ2n) is 3.90. The van der Waals surface area contributed by atoms with Gasteiger partial charge in [-0.25, -0.2) is 0 Å². The zero-order valence-electron chi connectivity index (χ0n) is 9.11. The molecule has 1 nitrogen and oxygen atoms in total. The fourth-order valence-corrected chi connectivity index (χ4v) is 2.36. The van der Waals surface area contributed by atoms with Crippen LogP contribution in [0.1, 0.15) is 17.2 Å². The summed E-state index contributed by atoms with van der Waals surface area (Å²) in [6.45, 7) is 0. The number of aliphatic hydroxyl groups excluding tert-OH is 1. The first kappa shape index (κ1) is 12.6. The fourth-order valence-electron chi connectivity index (χ4n) is 1.72. The van der Waals surface area contributed by atoms with E-state index >= 15 is 0 Å². The summed E-state index contributed by atoms with van der Waals surface area (Å²) >= 11 is 9.32. The Morgan fingerprint density at radius 3 is 2.59 bits per heavy atom. The Balaban J connectivity index is 2.14. The number of halogens is 2. The summed E-state index contributed by atoms with van der Waals surface area (Å²) in [4.78, 5) is 0. The van der Waals surface area contributed by atoms with Crippen LogP contribution in [0.15, 0.2) is 53.0 Å². The molecule has 0 heterocycles. The van der Waals surface area contributed by atoms with Crippen molar-refractivity contribution >= 4 is 27.5 Å². The van der Waals surface area contributed by atoms with E-state index in [0.29, 0.717) is 11.4 Å². The largest absolute Gasteiger partial charge is 0.388 e. The first-order valence-corrected chi connectivity index (χ1v) is 6.50. The summed E-state index contributed by atoms with van der Waals surface area (Å²) in [5.41, 5.74) is 1.93. The Hall–Kier alpha value is -0.830. The van der Waals surface area contributed by atoms with Gasteiger partial charge in [-0.05, 0) is 35.4 Å². The second kappa shape index (κ2) is 5.67. The first-order chi connectivity index (χ1) is 8.15. The van der Waals surface area contributed by atoms with Crippen LogP contribution < -0.4 is 0 Å². The molecule has 0 bridgehead atoms. The first-order valence-electron chi connectivity index (χ1n) is 5.33. The molecule has 0 fully saturated rings. The van der Waals surface area contributed by atoms with Crippen molar-refractivity contribution in [3.63, 3.8) is 0 Å². The van der Waals surface area contributed by atoms with Gasteiger partial charge < -0.3 is 5.11 Å². The predicted octanol–water partition coefficient (Wildman–Crippen LogP) is 4.38. The Morgan fingerprint density at radius 2 is 1.88 bits per heavy atom. The van der Waals surface area contributed by atoms with E-state index in [0.717, 1.165) is 15.6 Å². The minimum absolute atomic E-state index is 0.525. The molecule has 0 aliphatic carbocycles. The third kappa shape index (κ3) is 3.56. The number of aliphatic hydroxyl groups is 1. The zero-order chi connectivity index (χ0) is 12.3. The van der Waals surface area contributed by atoms with E-state index in [1.165, 1.54) is 0 Å². The summed E-state index contributed by atoms with van der Waals surface area (Å²) in [6.07, 6.45) is 0.0581. The van der Waals surface area contributed by atoms with Gasteiger partial charge >= 0.3 is 0 Å². The predicted molar refractivity (Wildman–Crippen MR) is 74.3 cm³/mol. The summed E-state index contributed by atoms with van der Waals surface area (Å²) in [6, 6.07) is 15.3. The third-order valence-corrected chi connectivity index (χ3v) is 3.28. The van der Waals surface area contributed by atoms with Crippen molar-refractivity contribution in [2.45, 2.75) is 12.5 Å². The van der Waals surface area contributed by atoms with E-state index < -0.39 is 6.10 Å². The Bertz CT molecular complexity index is 513. The minimum atomic E-state index is -0.525. The van der Waals surface area contributed by atoms with E-state index in [9.17, 15) is 5.11 Å². The van der Waals surface area contributed by atoms with Crippen molar-refractivity contribution in [3.05, 3.63) is 69.2 Å². The molecule has 17 heavy (non-hydrogen) atoms. The second-order valence-corrected chi connectivity index (χ2v) is 5.26. The van der Waals surface area contributed by atoms with Gasteiger partial charge in [-0.2, -0.15) is 0 Å². The molecule has 2 rings (SSSR count). The quantitative estimate of drug-likeness (QED) is 0.892. The van der Waals surface area contributed by atoms with Gasteiger partial charge in [0.2, 0.25) is 0 Å². The zero-order valence-corrected chi connectivity index (χ0v) is 11.4. The van der Waals surface area contributed by atoms with Crippen LogP contribution in [0.3, 0.4) is 0 Å². The van der Waals surface area contributed by atoms with E-state index in [2.05, 4.69) is 15.9 Å². The molecular weight excluding hydrogens is 300 g/mol. The highest BCUT2D eigenvalue weighted by molar-refractivity contribution is 9.10. The molecule has 0 saturated carbocycles. The Kier molecular flexibility index (Phi) is 4.21. The van der Waals surface area contributed by atoms with Gasteiger partial charge in [-0.3, -0.25) is 0 Å². The number of hydrogen-bond donors (Lipinski definition) is 1. The van der Waals surface area contributed by atoms with Gasteiger partial charge in [0.1, 0.15) is 0 Å². The molecule has 0 saturated heterocycles. The third-order valence-electron chi connectivity index (χ3n) is 2.55. The number of rotatable bonds is 3. The molecule has 1 atom stereocenters. The van der Waals surface area contributed by atoms with Gasteiger partial charge in [0.25, 0.3) is 0 Å². The van der Waals surface area contributed by atoms with Gasteiger partial charge in [0, 0.05) is 15.9 Å². The van der Waals surface area contributed by atoms with Crippen LogP contribution in [-0.4, -0.2) is 5.11 Å². The van der Waals surface area contributed by atoms with Crippen LogP contribution >= 0.6 is 27.5 Å². The highest BCUT2D eigenvalue weighted by Gasteiger charge is 2.09. The molecule has 3 heteroatoms. The molecular formula is C14H12BrClO. The molecule has 0 amide bonds. The molecule has 0 spiro atoms. The highest BCUT2D eigenvalue weighted by Crippen LogP contribution is 2.22. The molecule has 88 valence electrons. The van der Waals surface area contributed by atoms with Crippen LogP contribution in [0.5, 0.6) is 0 Å². The van der Waals surface area contributed by atoms with Gasteiger partial charge in [0.15, 0.2) is 0 Å². The van der Waals surface area contributed by atoms with Gasteiger partial charge in [-0.1, -0.05) is 51.8 Å². The molecule has 0 radical (unpaired) electrons. The van der Waals surface area contributed by atoms with Crippen molar-refractivity contribution in [2.75, 3.05) is 0 Å². The standard InChI is InChI=1S/C14H12BrClO/c15-12-5-1-3-10(7-12)8-14(17)11-4-2-6-13(16)9-11/h1-7,9,14,17H,8H2. The lowest BCUT2D eigenvalue weighted by molar-refractivity contribution is 0.178.